The predicted octanol–water partition coefficient (Wildman–Crippen LogP) is 4.59. The van der Waals surface area contributed by atoms with E-state index in [4.69, 9.17) is 4.74 Å². The molecule has 31 heavy (non-hydrogen) atoms. The van der Waals surface area contributed by atoms with Gasteiger partial charge in [0, 0.05) is 34.3 Å². The van der Waals surface area contributed by atoms with Crippen LogP contribution in [0.4, 0.5) is 5.69 Å². The molecular weight excluding hydrogens is 396 g/mol. The molecule has 0 aliphatic heterocycles. The first-order valence-corrected chi connectivity index (χ1v) is 9.86. The third-order valence-corrected chi connectivity index (χ3v) is 5.37. The van der Waals surface area contributed by atoms with Crippen LogP contribution in [0.3, 0.4) is 0 Å². The maximum absolute atomic E-state index is 12.7. The molecule has 7 heteroatoms. The second kappa shape index (κ2) is 8.95. The molecule has 1 aromatic heterocycles. The average molecular weight is 420 g/mol. The number of ketones is 1. The number of benzene rings is 2. The first-order chi connectivity index (χ1) is 14.7. The van der Waals surface area contributed by atoms with E-state index < -0.39 is 17.5 Å². The molecule has 0 amide bonds. The van der Waals surface area contributed by atoms with Crippen molar-refractivity contribution in [1.82, 2.24) is 4.57 Å². The summed E-state index contributed by atoms with van der Waals surface area (Å²) in [6.07, 6.45) is -0.272. The molecule has 0 radical (unpaired) electrons. The summed E-state index contributed by atoms with van der Waals surface area (Å²) in [7, 11) is 0. The van der Waals surface area contributed by atoms with E-state index in [1.807, 2.05) is 44.4 Å². The van der Waals surface area contributed by atoms with Crippen molar-refractivity contribution in [2.45, 2.75) is 34.1 Å². The van der Waals surface area contributed by atoms with E-state index in [9.17, 15) is 19.7 Å². The van der Waals surface area contributed by atoms with Gasteiger partial charge in [0.15, 0.2) is 6.61 Å². The highest BCUT2D eigenvalue weighted by molar-refractivity contribution is 5.99. The van der Waals surface area contributed by atoms with Crippen molar-refractivity contribution in [3.05, 3.63) is 92.3 Å². The van der Waals surface area contributed by atoms with E-state index in [1.165, 1.54) is 23.8 Å². The van der Waals surface area contributed by atoms with Crippen molar-refractivity contribution >= 4 is 17.4 Å². The molecule has 2 aromatic carbocycles. The molecule has 0 N–H and O–H groups in total. The number of nitrogens with zero attached hydrogens (tertiary/aromatic N) is 2. The number of nitro groups is 1. The number of aromatic nitrogens is 1. The van der Waals surface area contributed by atoms with Crippen molar-refractivity contribution in [2.75, 3.05) is 6.61 Å². The van der Waals surface area contributed by atoms with Crippen LogP contribution in [0.1, 0.15) is 38.4 Å². The number of hydrogen-bond acceptors (Lipinski definition) is 5. The third-order valence-electron chi connectivity index (χ3n) is 5.37. The number of rotatable bonds is 7. The maximum Gasteiger partial charge on any atom is 0.310 e. The third kappa shape index (κ3) is 4.71. The van der Waals surface area contributed by atoms with Gasteiger partial charge in [0.2, 0.25) is 5.78 Å². The number of Topliss-reactive ketones (excluding diaryl/α,β-unsaturated/α-hetero) is 1. The van der Waals surface area contributed by atoms with Gasteiger partial charge in [-0.05, 0) is 57.0 Å². The summed E-state index contributed by atoms with van der Waals surface area (Å²) in [4.78, 5) is 35.4. The second-order valence-corrected chi connectivity index (χ2v) is 7.54. The Balaban J connectivity index is 1.72. The van der Waals surface area contributed by atoms with Crippen LogP contribution in [0.15, 0.2) is 48.5 Å². The normalized spacial score (nSPS) is 10.7. The van der Waals surface area contributed by atoms with Crippen molar-refractivity contribution in [2.24, 2.45) is 0 Å². The Bertz CT molecular complexity index is 1180. The van der Waals surface area contributed by atoms with Crippen molar-refractivity contribution < 1.29 is 19.2 Å². The van der Waals surface area contributed by atoms with E-state index in [0.29, 0.717) is 5.56 Å². The summed E-state index contributed by atoms with van der Waals surface area (Å²) >= 11 is 0. The molecular formula is C24H24N2O5. The van der Waals surface area contributed by atoms with Gasteiger partial charge in [-0.2, -0.15) is 0 Å². The summed E-state index contributed by atoms with van der Waals surface area (Å²) in [5.74, 6) is -1.01. The van der Waals surface area contributed by atoms with Crippen LogP contribution < -0.4 is 0 Å². The molecule has 0 aliphatic carbocycles. The minimum Gasteiger partial charge on any atom is -0.457 e. The van der Waals surface area contributed by atoms with Crippen LogP contribution in [0, 0.1) is 37.8 Å². The van der Waals surface area contributed by atoms with Crippen molar-refractivity contribution in [3.8, 4) is 5.69 Å². The second-order valence-electron chi connectivity index (χ2n) is 7.54. The predicted molar refractivity (Wildman–Crippen MR) is 117 cm³/mol. The number of esters is 1. The van der Waals surface area contributed by atoms with Gasteiger partial charge < -0.3 is 9.30 Å². The van der Waals surface area contributed by atoms with E-state index >= 15 is 0 Å². The number of ether oxygens (including phenoxy) is 1. The van der Waals surface area contributed by atoms with Crippen molar-refractivity contribution in [3.63, 3.8) is 0 Å². The molecule has 0 unspecified atom stereocenters. The SMILES string of the molecule is Cc1ccc(-n2c(C)cc(C(=O)COC(=O)Cc3ccccc3[N+](=O)[O-])c2C)cc1C. The first-order valence-electron chi connectivity index (χ1n) is 9.86. The topological polar surface area (TPSA) is 91.4 Å². The Morgan fingerprint density at radius 1 is 1.00 bits per heavy atom. The van der Waals surface area contributed by atoms with E-state index in [-0.39, 0.29) is 23.5 Å². The van der Waals surface area contributed by atoms with E-state index in [1.54, 1.807) is 12.1 Å². The van der Waals surface area contributed by atoms with Gasteiger partial charge >= 0.3 is 5.97 Å². The zero-order valence-electron chi connectivity index (χ0n) is 18.0. The number of nitro benzene ring substituents is 1. The number of para-hydroxylation sites is 1. The minimum absolute atomic E-state index is 0.150. The molecule has 3 aromatic rings. The quantitative estimate of drug-likeness (QED) is 0.241. The summed E-state index contributed by atoms with van der Waals surface area (Å²) in [6.45, 7) is 7.43. The molecule has 0 spiro atoms. The van der Waals surface area contributed by atoms with Gasteiger partial charge in [0.25, 0.3) is 5.69 Å². The van der Waals surface area contributed by atoms with Crippen LogP contribution in [0.2, 0.25) is 0 Å². The lowest BCUT2D eigenvalue weighted by molar-refractivity contribution is -0.385. The van der Waals surface area contributed by atoms with Crippen LogP contribution in [-0.2, 0) is 16.0 Å². The minimum atomic E-state index is -0.689. The van der Waals surface area contributed by atoms with Crippen LogP contribution in [0.5, 0.6) is 0 Å². The van der Waals surface area contributed by atoms with Crippen molar-refractivity contribution in [1.29, 1.82) is 0 Å². The molecule has 0 bridgehead atoms. The largest absolute Gasteiger partial charge is 0.457 e. The molecule has 0 atom stereocenters. The van der Waals surface area contributed by atoms with Gasteiger partial charge in [-0.25, -0.2) is 0 Å². The van der Waals surface area contributed by atoms with Gasteiger partial charge in [0.1, 0.15) is 0 Å². The molecule has 0 saturated heterocycles. The Morgan fingerprint density at radius 3 is 2.39 bits per heavy atom. The molecule has 3 rings (SSSR count). The van der Waals surface area contributed by atoms with Crippen LogP contribution in [0.25, 0.3) is 5.69 Å². The molecule has 0 aliphatic rings. The van der Waals surface area contributed by atoms with Crippen LogP contribution >= 0.6 is 0 Å². The summed E-state index contributed by atoms with van der Waals surface area (Å²) in [6, 6.07) is 13.9. The highest BCUT2D eigenvalue weighted by Crippen LogP contribution is 2.23. The molecule has 160 valence electrons. The van der Waals surface area contributed by atoms with Gasteiger partial charge in [-0.1, -0.05) is 24.3 Å². The van der Waals surface area contributed by atoms with E-state index in [0.717, 1.165) is 22.6 Å². The maximum atomic E-state index is 12.7. The fourth-order valence-corrected chi connectivity index (χ4v) is 3.58. The number of aryl methyl sites for hydroxylation is 3. The lowest BCUT2D eigenvalue weighted by atomic mass is 10.1. The monoisotopic (exact) mass is 420 g/mol. The summed E-state index contributed by atoms with van der Waals surface area (Å²) in [5, 5.41) is 11.1. The van der Waals surface area contributed by atoms with Gasteiger partial charge in [-0.3, -0.25) is 19.7 Å². The summed E-state index contributed by atoms with van der Waals surface area (Å²) in [5.41, 5.74) is 5.55. The molecule has 7 nitrogen and oxygen atoms in total. The van der Waals surface area contributed by atoms with Gasteiger partial charge in [0.05, 0.1) is 11.3 Å². The standard InChI is InChI=1S/C24H24N2O5/c1-15-9-10-20(11-16(15)2)25-17(3)12-21(18(25)4)23(27)14-31-24(28)13-19-7-5-6-8-22(19)26(29)30/h5-12H,13-14H2,1-4H3. The highest BCUT2D eigenvalue weighted by atomic mass is 16.6. The number of carbonyl (C=O) groups excluding carboxylic acids is 2. The van der Waals surface area contributed by atoms with E-state index in [2.05, 4.69) is 6.07 Å². The number of hydrogen-bond donors (Lipinski definition) is 0. The molecule has 0 saturated carbocycles. The Kier molecular flexibility index (Phi) is 6.34. The molecule has 1 heterocycles. The number of carbonyl (C=O) groups is 2. The average Bonchev–Trinajstić information content (AvgIpc) is 3.02. The highest BCUT2D eigenvalue weighted by Gasteiger charge is 2.20. The molecule has 0 fully saturated rings. The fraction of sp³-hybridized carbons (Fsp3) is 0.250. The lowest BCUT2D eigenvalue weighted by Crippen LogP contribution is -2.16. The smallest absolute Gasteiger partial charge is 0.310 e. The fourth-order valence-electron chi connectivity index (χ4n) is 3.58. The summed E-state index contributed by atoms with van der Waals surface area (Å²) < 4.78 is 7.12. The Labute approximate surface area is 180 Å². The zero-order chi connectivity index (χ0) is 22.7. The van der Waals surface area contributed by atoms with Crippen LogP contribution in [-0.4, -0.2) is 27.8 Å². The zero-order valence-corrected chi connectivity index (χ0v) is 18.0. The lowest BCUT2D eigenvalue weighted by Gasteiger charge is -2.12. The Hall–Kier alpha value is -3.74. The van der Waals surface area contributed by atoms with Gasteiger partial charge in [-0.15, -0.1) is 0 Å². The first kappa shape index (κ1) is 22.0. The Morgan fingerprint density at radius 2 is 1.71 bits per heavy atom.